The minimum absolute atomic E-state index is 0.0556. The molecular weight excluding hydrogens is 280 g/mol. The fraction of sp³-hybridized carbons (Fsp3) is 0.200. The van der Waals surface area contributed by atoms with E-state index < -0.39 is 9.84 Å². The summed E-state index contributed by atoms with van der Waals surface area (Å²) in [6.45, 7) is 0. The van der Waals surface area contributed by atoms with E-state index in [2.05, 4.69) is 0 Å². The molecule has 0 bridgehead atoms. The molecule has 100 valence electrons. The zero-order valence-corrected chi connectivity index (χ0v) is 11.9. The molecule has 0 fully saturated rings. The van der Waals surface area contributed by atoms with Crippen LogP contribution in [0.4, 0.5) is 0 Å². The Morgan fingerprint density at radius 1 is 0.895 bits per heavy atom. The Labute approximate surface area is 119 Å². The lowest BCUT2D eigenvalue weighted by atomic mass is 10.1. The van der Waals surface area contributed by atoms with E-state index in [0.29, 0.717) is 11.3 Å². The quantitative estimate of drug-likeness (QED) is 0.785. The number of hydrogen-bond donors (Lipinski definition) is 0. The molecule has 0 aliphatic heterocycles. The zero-order chi connectivity index (χ0) is 13.7. The molecule has 0 amide bonds. The molecular formula is C15H15ClO2S. The molecule has 2 rings (SSSR count). The Morgan fingerprint density at radius 3 is 2.00 bits per heavy atom. The largest absolute Gasteiger partial charge is 0.224 e. The van der Waals surface area contributed by atoms with Crippen molar-refractivity contribution in [3.8, 4) is 0 Å². The van der Waals surface area contributed by atoms with Crippen LogP contribution in [0.1, 0.15) is 17.4 Å². The van der Waals surface area contributed by atoms with Crippen molar-refractivity contribution in [1.82, 2.24) is 0 Å². The van der Waals surface area contributed by atoms with Gasteiger partial charge in [-0.05, 0) is 24.1 Å². The van der Waals surface area contributed by atoms with Gasteiger partial charge in [-0.1, -0.05) is 48.5 Å². The van der Waals surface area contributed by atoms with Gasteiger partial charge in [0.25, 0.3) is 0 Å². The lowest BCUT2D eigenvalue weighted by Gasteiger charge is -2.10. The van der Waals surface area contributed by atoms with Crippen molar-refractivity contribution >= 4 is 21.4 Å². The van der Waals surface area contributed by atoms with E-state index in [1.807, 2.05) is 30.3 Å². The van der Waals surface area contributed by atoms with Crippen molar-refractivity contribution in [2.75, 3.05) is 5.75 Å². The van der Waals surface area contributed by atoms with Crippen LogP contribution < -0.4 is 0 Å². The highest BCUT2D eigenvalue weighted by atomic mass is 35.5. The highest BCUT2D eigenvalue weighted by Gasteiger charge is 2.17. The van der Waals surface area contributed by atoms with E-state index >= 15 is 0 Å². The Balaban J connectivity index is 2.03. The van der Waals surface area contributed by atoms with Gasteiger partial charge in [0.1, 0.15) is 0 Å². The molecule has 2 nitrogen and oxygen atoms in total. The second-order valence-corrected chi connectivity index (χ2v) is 6.93. The molecule has 19 heavy (non-hydrogen) atoms. The van der Waals surface area contributed by atoms with Gasteiger partial charge >= 0.3 is 0 Å². The maximum absolute atomic E-state index is 12.1. The number of hydrogen-bond acceptors (Lipinski definition) is 2. The molecule has 0 spiro atoms. The third kappa shape index (κ3) is 3.82. The van der Waals surface area contributed by atoms with E-state index in [0.717, 1.165) is 5.56 Å². The summed E-state index contributed by atoms with van der Waals surface area (Å²) in [5.41, 5.74) is 0.951. The smallest absolute Gasteiger partial charge is 0.178 e. The molecule has 0 radical (unpaired) electrons. The number of benzene rings is 2. The van der Waals surface area contributed by atoms with Gasteiger partial charge in [-0.2, -0.15) is 0 Å². The SMILES string of the molecule is O=S(=O)(CCC(Cl)c1ccccc1)c1ccccc1. The second kappa shape index (κ2) is 6.22. The Morgan fingerprint density at radius 2 is 1.42 bits per heavy atom. The highest BCUT2D eigenvalue weighted by molar-refractivity contribution is 7.91. The fourth-order valence-electron chi connectivity index (χ4n) is 1.83. The molecule has 1 unspecified atom stereocenters. The predicted molar refractivity (Wildman–Crippen MR) is 78.1 cm³/mol. The van der Waals surface area contributed by atoms with E-state index in [4.69, 9.17) is 11.6 Å². The minimum Gasteiger partial charge on any atom is -0.224 e. The average molecular weight is 295 g/mol. The number of sulfone groups is 1. The molecule has 4 heteroatoms. The summed E-state index contributed by atoms with van der Waals surface area (Å²) in [5, 5.41) is -0.278. The van der Waals surface area contributed by atoms with Crippen LogP contribution in [0.5, 0.6) is 0 Å². The lowest BCUT2D eigenvalue weighted by Crippen LogP contribution is -2.08. The molecule has 0 aliphatic carbocycles. The summed E-state index contributed by atoms with van der Waals surface area (Å²) in [4.78, 5) is 0.354. The molecule has 0 N–H and O–H groups in total. The van der Waals surface area contributed by atoms with Crippen LogP contribution in [-0.4, -0.2) is 14.2 Å². The van der Waals surface area contributed by atoms with Crippen LogP contribution in [0.2, 0.25) is 0 Å². The van der Waals surface area contributed by atoms with Gasteiger partial charge in [0.15, 0.2) is 9.84 Å². The van der Waals surface area contributed by atoms with Crippen molar-refractivity contribution in [2.45, 2.75) is 16.7 Å². The van der Waals surface area contributed by atoms with E-state index in [1.54, 1.807) is 30.3 Å². The first kappa shape index (κ1) is 14.1. The monoisotopic (exact) mass is 294 g/mol. The van der Waals surface area contributed by atoms with Crippen molar-refractivity contribution in [3.05, 3.63) is 66.2 Å². The van der Waals surface area contributed by atoms with Crippen LogP contribution in [0, 0.1) is 0 Å². The summed E-state index contributed by atoms with van der Waals surface area (Å²) in [5.74, 6) is 0.0556. The molecule has 2 aromatic rings. The topological polar surface area (TPSA) is 34.1 Å². The molecule has 1 atom stereocenters. The molecule has 0 aliphatic rings. The first-order valence-corrected chi connectivity index (χ1v) is 8.15. The summed E-state index contributed by atoms with van der Waals surface area (Å²) in [6.07, 6.45) is 0.406. The van der Waals surface area contributed by atoms with Crippen LogP contribution in [0.3, 0.4) is 0 Å². The van der Waals surface area contributed by atoms with Crippen LogP contribution >= 0.6 is 11.6 Å². The molecule has 0 aromatic heterocycles. The molecule has 0 saturated carbocycles. The summed E-state index contributed by atoms with van der Waals surface area (Å²) >= 11 is 6.24. The van der Waals surface area contributed by atoms with Gasteiger partial charge in [-0.3, -0.25) is 0 Å². The first-order valence-electron chi connectivity index (χ1n) is 6.06. The van der Waals surface area contributed by atoms with Gasteiger partial charge in [0, 0.05) is 0 Å². The predicted octanol–water partition coefficient (Wildman–Crippen LogP) is 3.83. The third-order valence-corrected chi connectivity index (χ3v) is 5.14. The van der Waals surface area contributed by atoms with Crippen LogP contribution in [-0.2, 0) is 9.84 Å². The average Bonchev–Trinajstić information content (AvgIpc) is 2.47. The van der Waals surface area contributed by atoms with Crippen molar-refractivity contribution < 1.29 is 8.42 Å². The summed E-state index contributed by atoms with van der Waals surface area (Å²) in [7, 11) is -3.25. The van der Waals surface area contributed by atoms with E-state index in [9.17, 15) is 8.42 Å². The number of rotatable bonds is 5. The van der Waals surface area contributed by atoms with E-state index in [-0.39, 0.29) is 11.1 Å². The fourth-order valence-corrected chi connectivity index (χ4v) is 3.57. The molecule has 2 aromatic carbocycles. The zero-order valence-electron chi connectivity index (χ0n) is 10.4. The highest BCUT2D eigenvalue weighted by Crippen LogP contribution is 2.25. The number of alkyl halides is 1. The molecule has 0 heterocycles. The van der Waals surface area contributed by atoms with Gasteiger partial charge in [-0.15, -0.1) is 11.6 Å². The Hall–Kier alpha value is -1.32. The Bertz CT molecular complexity index is 609. The maximum atomic E-state index is 12.1. The van der Waals surface area contributed by atoms with Crippen molar-refractivity contribution in [3.63, 3.8) is 0 Å². The Kier molecular flexibility index (Phi) is 4.61. The normalized spacial score (nSPS) is 13.1. The third-order valence-electron chi connectivity index (χ3n) is 2.90. The van der Waals surface area contributed by atoms with Gasteiger partial charge in [0.2, 0.25) is 0 Å². The van der Waals surface area contributed by atoms with Gasteiger partial charge < -0.3 is 0 Å². The van der Waals surface area contributed by atoms with E-state index in [1.165, 1.54) is 0 Å². The van der Waals surface area contributed by atoms with Crippen molar-refractivity contribution in [1.29, 1.82) is 0 Å². The summed E-state index contributed by atoms with van der Waals surface area (Å²) < 4.78 is 24.2. The first-order chi connectivity index (χ1) is 9.09. The van der Waals surface area contributed by atoms with Gasteiger partial charge in [0.05, 0.1) is 16.0 Å². The van der Waals surface area contributed by atoms with Crippen LogP contribution in [0.15, 0.2) is 65.6 Å². The molecule has 0 saturated heterocycles. The maximum Gasteiger partial charge on any atom is 0.178 e. The summed E-state index contributed by atoms with van der Waals surface area (Å²) in [6, 6.07) is 18.0. The number of halogens is 1. The van der Waals surface area contributed by atoms with Crippen LogP contribution in [0.25, 0.3) is 0 Å². The second-order valence-electron chi connectivity index (χ2n) is 4.30. The lowest BCUT2D eigenvalue weighted by molar-refractivity contribution is 0.592. The van der Waals surface area contributed by atoms with Gasteiger partial charge in [-0.25, -0.2) is 8.42 Å². The van der Waals surface area contributed by atoms with Crippen molar-refractivity contribution in [2.24, 2.45) is 0 Å². The standard InChI is InChI=1S/C15H15ClO2S/c16-15(13-7-3-1-4-8-13)11-12-19(17,18)14-9-5-2-6-10-14/h1-10,15H,11-12H2. The minimum atomic E-state index is -3.25.